The van der Waals surface area contributed by atoms with Crippen LogP contribution in [0.5, 0.6) is 0 Å². The Morgan fingerprint density at radius 3 is 2.14 bits per heavy atom. The number of carbonyl (C=O) groups excluding carboxylic acids is 1. The first kappa shape index (κ1) is 27.5. The van der Waals surface area contributed by atoms with Gasteiger partial charge < -0.3 is 24.6 Å². The van der Waals surface area contributed by atoms with Gasteiger partial charge in [-0.3, -0.25) is 4.79 Å². The molecule has 198 valence electrons. The molecular formula is C23H22F5N5O4. The average Bonchev–Trinajstić information content (AvgIpc) is 3.24. The maximum Gasteiger partial charge on any atom is 0.490 e. The van der Waals surface area contributed by atoms with Crippen LogP contribution in [0.3, 0.4) is 0 Å². The van der Waals surface area contributed by atoms with Crippen LogP contribution in [0, 0.1) is 11.6 Å². The molecule has 2 N–H and O–H groups in total. The normalized spacial score (nSPS) is 13.5. The summed E-state index contributed by atoms with van der Waals surface area (Å²) in [6.07, 6.45) is 0.179. The van der Waals surface area contributed by atoms with Gasteiger partial charge in [-0.05, 0) is 23.8 Å². The summed E-state index contributed by atoms with van der Waals surface area (Å²) < 4.78 is 65.4. The standard InChI is InChI=1S/C21H21F2N5O2.C2HF3O2/c1-27-13-15(16-11-25-21(26-12-16)28-2-4-30-5-3-28)8-19(27)20(29)24-10-14-6-17(22)9-18(23)7-14;3-2(4,5)1(6)7/h6-9,11-13H,2-5,10H2,1H3,(H,24,29);(H,6,7). The Morgan fingerprint density at radius 1 is 1.03 bits per heavy atom. The van der Waals surface area contributed by atoms with Crippen molar-refractivity contribution in [2.45, 2.75) is 12.7 Å². The number of aliphatic carboxylic acids is 1. The number of hydrogen-bond donors (Lipinski definition) is 2. The van der Waals surface area contributed by atoms with Gasteiger partial charge in [0.1, 0.15) is 17.3 Å². The SMILES string of the molecule is Cn1cc(-c2cnc(N3CCOCC3)nc2)cc1C(=O)NCc1cc(F)cc(F)c1.O=C(O)C(F)(F)F. The average molecular weight is 527 g/mol. The molecule has 1 aliphatic rings. The molecule has 0 aliphatic carbocycles. The van der Waals surface area contributed by atoms with Gasteiger partial charge in [0.15, 0.2) is 0 Å². The Morgan fingerprint density at radius 2 is 1.59 bits per heavy atom. The molecule has 1 fully saturated rings. The summed E-state index contributed by atoms with van der Waals surface area (Å²) in [5.74, 6) is -3.81. The Balaban J connectivity index is 0.000000479. The van der Waals surface area contributed by atoms with Crippen molar-refractivity contribution in [3.05, 3.63) is 65.7 Å². The lowest BCUT2D eigenvalue weighted by Crippen LogP contribution is -2.37. The lowest BCUT2D eigenvalue weighted by Gasteiger charge is -2.26. The van der Waals surface area contributed by atoms with E-state index < -0.39 is 23.8 Å². The molecule has 3 heterocycles. The summed E-state index contributed by atoms with van der Waals surface area (Å²) in [4.78, 5) is 32.4. The van der Waals surface area contributed by atoms with E-state index in [0.717, 1.165) is 30.3 Å². The number of carboxylic acids is 1. The van der Waals surface area contributed by atoms with Gasteiger partial charge in [0.05, 0.1) is 13.2 Å². The van der Waals surface area contributed by atoms with Crippen LogP contribution in [0.25, 0.3) is 11.1 Å². The molecule has 1 amide bonds. The number of halogens is 5. The number of carboxylic acid groups (broad SMARTS) is 1. The van der Waals surface area contributed by atoms with Crippen LogP contribution in [0.4, 0.5) is 27.9 Å². The fourth-order valence-corrected chi connectivity index (χ4v) is 3.33. The highest BCUT2D eigenvalue weighted by atomic mass is 19.4. The van der Waals surface area contributed by atoms with Crippen molar-refractivity contribution in [3.8, 4) is 11.1 Å². The Hall–Kier alpha value is -4.07. The van der Waals surface area contributed by atoms with E-state index in [1.165, 1.54) is 12.1 Å². The first-order chi connectivity index (χ1) is 17.4. The fraction of sp³-hybridized carbons (Fsp3) is 0.304. The highest BCUT2D eigenvalue weighted by Crippen LogP contribution is 2.22. The molecule has 1 aliphatic heterocycles. The molecule has 2 aromatic heterocycles. The number of nitrogens with zero attached hydrogens (tertiary/aromatic N) is 4. The number of ether oxygens (including phenoxy) is 1. The van der Waals surface area contributed by atoms with Gasteiger partial charge in [-0.2, -0.15) is 13.2 Å². The Kier molecular flexibility index (Phi) is 8.76. The van der Waals surface area contributed by atoms with Crippen LogP contribution in [0.15, 0.2) is 42.9 Å². The van der Waals surface area contributed by atoms with E-state index in [-0.39, 0.29) is 12.5 Å². The second-order valence-corrected chi connectivity index (χ2v) is 7.86. The van der Waals surface area contributed by atoms with Crippen molar-refractivity contribution in [2.75, 3.05) is 31.2 Å². The number of amides is 1. The maximum absolute atomic E-state index is 13.3. The number of morpholine rings is 1. The van der Waals surface area contributed by atoms with Gasteiger partial charge >= 0.3 is 12.1 Å². The monoisotopic (exact) mass is 527 g/mol. The number of aryl methyl sites for hydroxylation is 1. The molecule has 0 bridgehead atoms. The van der Waals surface area contributed by atoms with Gasteiger partial charge in [-0.1, -0.05) is 0 Å². The zero-order valence-electron chi connectivity index (χ0n) is 19.4. The van der Waals surface area contributed by atoms with Crippen LogP contribution >= 0.6 is 0 Å². The summed E-state index contributed by atoms with van der Waals surface area (Å²) in [7, 11) is 1.75. The van der Waals surface area contributed by atoms with Gasteiger partial charge in [0.2, 0.25) is 5.95 Å². The smallest absolute Gasteiger partial charge is 0.475 e. The summed E-state index contributed by atoms with van der Waals surface area (Å²) >= 11 is 0. The lowest BCUT2D eigenvalue weighted by molar-refractivity contribution is -0.192. The van der Waals surface area contributed by atoms with Crippen LogP contribution in [-0.2, 0) is 23.1 Å². The predicted molar refractivity (Wildman–Crippen MR) is 121 cm³/mol. The van der Waals surface area contributed by atoms with E-state index in [9.17, 15) is 26.7 Å². The topological polar surface area (TPSA) is 110 Å². The largest absolute Gasteiger partial charge is 0.490 e. The lowest BCUT2D eigenvalue weighted by atomic mass is 10.2. The van der Waals surface area contributed by atoms with Gasteiger partial charge in [-0.15, -0.1) is 0 Å². The minimum Gasteiger partial charge on any atom is -0.475 e. The Labute approximate surface area is 207 Å². The number of nitrogens with one attached hydrogen (secondary N) is 1. The van der Waals surface area contributed by atoms with Crippen molar-refractivity contribution in [3.63, 3.8) is 0 Å². The van der Waals surface area contributed by atoms with E-state index in [4.69, 9.17) is 14.6 Å². The van der Waals surface area contributed by atoms with E-state index in [0.29, 0.717) is 30.4 Å². The zero-order valence-corrected chi connectivity index (χ0v) is 19.4. The quantitative estimate of drug-likeness (QED) is 0.491. The van der Waals surface area contributed by atoms with Crippen LogP contribution < -0.4 is 10.2 Å². The molecule has 37 heavy (non-hydrogen) atoms. The van der Waals surface area contributed by atoms with Crippen molar-refractivity contribution < 1.29 is 41.4 Å². The molecule has 1 aromatic carbocycles. The molecule has 3 aromatic rings. The molecule has 0 spiro atoms. The fourth-order valence-electron chi connectivity index (χ4n) is 3.33. The molecule has 1 saturated heterocycles. The van der Waals surface area contributed by atoms with Crippen molar-refractivity contribution in [1.82, 2.24) is 19.9 Å². The molecule has 4 rings (SSSR count). The zero-order chi connectivity index (χ0) is 27.2. The summed E-state index contributed by atoms with van der Waals surface area (Å²) in [6.45, 7) is 2.84. The number of carbonyl (C=O) groups is 2. The molecular weight excluding hydrogens is 505 g/mol. The summed E-state index contributed by atoms with van der Waals surface area (Å²) in [5, 5.41) is 9.81. The van der Waals surface area contributed by atoms with Crippen molar-refractivity contribution in [2.24, 2.45) is 7.05 Å². The summed E-state index contributed by atoms with van der Waals surface area (Å²) in [5.41, 5.74) is 2.35. The number of hydrogen-bond acceptors (Lipinski definition) is 6. The van der Waals surface area contributed by atoms with Crippen LogP contribution in [0.2, 0.25) is 0 Å². The number of benzene rings is 1. The number of alkyl halides is 3. The van der Waals surface area contributed by atoms with E-state index >= 15 is 0 Å². The number of rotatable bonds is 5. The third-order valence-corrected chi connectivity index (χ3v) is 5.12. The minimum absolute atomic E-state index is 0.0192. The van der Waals surface area contributed by atoms with Crippen LogP contribution in [-0.4, -0.2) is 64.0 Å². The van der Waals surface area contributed by atoms with Crippen molar-refractivity contribution in [1.29, 1.82) is 0 Å². The van der Waals surface area contributed by atoms with Crippen molar-refractivity contribution >= 4 is 17.8 Å². The number of aromatic nitrogens is 3. The maximum atomic E-state index is 13.3. The highest BCUT2D eigenvalue weighted by Gasteiger charge is 2.38. The molecule has 14 heteroatoms. The summed E-state index contributed by atoms with van der Waals surface area (Å²) in [6, 6.07) is 4.90. The van der Waals surface area contributed by atoms with E-state index in [1.54, 1.807) is 30.1 Å². The van der Waals surface area contributed by atoms with Gasteiger partial charge in [-0.25, -0.2) is 23.5 Å². The van der Waals surface area contributed by atoms with E-state index in [2.05, 4.69) is 20.2 Å². The first-order valence-electron chi connectivity index (χ1n) is 10.8. The third-order valence-electron chi connectivity index (χ3n) is 5.12. The predicted octanol–water partition coefficient (Wildman–Crippen LogP) is 3.16. The number of anilines is 1. The third kappa shape index (κ3) is 7.70. The van der Waals surface area contributed by atoms with Gasteiger partial charge in [0, 0.05) is 62.5 Å². The minimum atomic E-state index is -5.08. The molecule has 0 saturated carbocycles. The second-order valence-electron chi connectivity index (χ2n) is 7.86. The molecule has 0 radical (unpaired) electrons. The second kappa shape index (κ2) is 11.8. The van der Waals surface area contributed by atoms with Crippen LogP contribution in [0.1, 0.15) is 16.1 Å². The van der Waals surface area contributed by atoms with Gasteiger partial charge in [0.25, 0.3) is 5.91 Å². The molecule has 0 atom stereocenters. The van der Waals surface area contributed by atoms with E-state index in [1.807, 2.05) is 6.20 Å². The Bertz CT molecular complexity index is 1220. The first-order valence-corrected chi connectivity index (χ1v) is 10.8. The highest BCUT2D eigenvalue weighted by molar-refractivity contribution is 5.94. The molecule has 9 nitrogen and oxygen atoms in total. The molecule has 0 unspecified atom stereocenters.